The van der Waals surface area contributed by atoms with Crippen LogP contribution in [0, 0.1) is 0 Å². The molecule has 0 heterocycles. The number of nitrogens with one attached hydrogen (secondary N) is 2. The number of aromatic hydroxyl groups is 1. The van der Waals surface area contributed by atoms with Gasteiger partial charge in [-0.3, -0.25) is 4.79 Å². The number of carbonyl (C=O) groups is 2. The molecule has 0 atom stereocenters. The molecule has 176 valence electrons. The highest BCUT2D eigenvalue weighted by Gasteiger charge is 2.11. The fourth-order valence-corrected chi connectivity index (χ4v) is 3.06. The van der Waals surface area contributed by atoms with Gasteiger partial charge in [-0.05, 0) is 56.5 Å². The van der Waals surface area contributed by atoms with Gasteiger partial charge < -0.3 is 30.3 Å². The van der Waals surface area contributed by atoms with Gasteiger partial charge in [0.15, 0.2) is 0 Å². The number of carboxylic acid groups (broad SMARTS) is 1. The predicted molar refractivity (Wildman–Crippen MR) is 129 cm³/mol. The van der Waals surface area contributed by atoms with Crippen LogP contribution in [0.1, 0.15) is 37.5 Å². The molecule has 0 radical (unpaired) electrons. The van der Waals surface area contributed by atoms with E-state index in [2.05, 4.69) is 11.4 Å². The molecule has 33 heavy (non-hydrogen) atoms. The number of phenolic OH excluding ortho intramolecular Hbond substituents is 1. The molecule has 0 aliphatic heterocycles. The molecule has 0 spiro atoms. The summed E-state index contributed by atoms with van der Waals surface area (Å²) in [6, 6.07) is 8.53. The van der Waals surface area contributed by atoms with E-state index in [-0.39, 0.29) is 12.3 Å². The van der Waals surface area contributed by atoms with Gasteiger partial charge in [-0.25, -0.2) is 4.79 Å². The molecule has 0 saturated heterocycles. The maximum atomic E-state index is 11.9. The number of carbonyl (C=O) groups excluding carboxylic acids is 1. The quantitative estimate of drug-likeness (QED) is 0.306. The van der Waals surface area contributed by atoms with E-state index in [0.717, 1.165) is 16.7 Å². The first-order chi connectivity index (χ1) is 15.7. The maximum absolute atomic E-state index is 11.9. The monoisotopic (exact) mass is 454 g/mol. The summed E-state index contributed by atoms with van der Waals surface area (Å²) in [5, 5.41) is 23.4. The van der Waals surface area contributed by atoms with Gasteiger partial charge in [0.05, 0.1) is 19.4 Å². The first-order valence-corrected chi connectivity index (χ1v) is 10.5. The summed E-state index contributed by atoms with van der Waals surface area (Å²) in [6.45, 7) is 6.07. The minimum atomic E-state index is -1.28. The summed E-state index contributed by atoms with van der Waals surface area (Å²) in [4.78, 5) is 22.4. The molecular weight excluding hydrogens is 424 g/mol. The third kappa shape index (κ3) is 7.92. The third-order valence-electron chi connectivity index (χ3n) is 4.60. The van der Waals surface area contributed by atoms with Crippen molar-refractivity contribution >= 4 is 29.8 Å². The number of allylic oxidation sites excluding steroid dienone is 2. The Kier molecular flexibility index (Phi) is 9.35. The average molecular weight is 455 g/mol. The minimum absolute atomic E-state index is 0.115. The standard InChI is InChI=1S/C25H30N2O6/c1-5-33-22-14-19(28)13-18(20(22)10-6-16(2)3)9-7-17-8-11-21(23(12-17)32-4)27-24(29)15-26-25(30)31/h6-9,11-14,26,28H,5,10,15H2,1-4H3,(H,27,29)(H,30,31)/b9-7+. The lowest BCUT2D eigenvalue weighted by molar-refractivity contribution is -0.115. The number of benzene rings is 2. The van der Waals surface area contributed by atoms with Crippen molar-refractivity contribution in [1.29, 1.82) is 0 Å². The van der Waals surface area contributed by atoms with Crippen LogP contribution < -0.4 is 20.1 Å². The molecule has 8 nitrogen and oxygen atoms in total. The summed E-state index contributed by atoms with van der Waals surface area (Å²) >= 11 is 0. The van der Waals surface area contributed by atoms with E-state index in [9.17, 15) is 14.7 Å². The van der Waals surface area contributed by atoms with E-state index in [0.29, 0.717) is 30.2 Å². The Morgan fingerprint density at radius 3 is 2.48 bits per heavy atom. The summed E-state index contributed by atoms with van der Waals surface area (Å²) < 4.78 is 11.1. The molecule has 0 aliphatic rings. The Morgan fingerprint density at radius 1 is 1.09 bits per heavy atom. The van der Waals surface area contributed by atoms with Crippen LogP contribution in [-0.2, 0) is 11.2 Å². The van der Waals surface area contributed by atoms with Crippen molar-refractivity contribution in [3.63, 3.8) is 0 Å². The molecule has 8 heteroatoms. The number of methoxy groups -OCH3 is 1. The van der Waals surface area contributed by atoms with Crippen LogP contribution in [0.3, 0.4) is 0 Å². The number of hydrogen-bond acceptors (Lipinski definition) is 5. The van der Waals surface area contributed by atoms with Crippen LogP contribution in [0.4, 0.5) is 10.5 Å². The smallest absolute Gasteiger partial charge is 0.405 e. The van der Waals surface area contributed by atoms with E-state index in [1.54, 1.807) is 30.3 Å². The van der Waals surface area contributed by atoms with Gasteiger partial charge in [0.2, 0.25) is 5.91 Å². The topological polar surface area (TPSA) is 117 Å². The zero-order valence-corrected chi connectivity index (χ0v) is 19.3. The lowest BCUT2D eigenvalue weighted by Crippen LogP contribution is -2.31. The fraction of sp³-hybridized carbons (Fsp3) is 0.280. The molecule has 2 aromatic rings. The number of hydrogen-bond donors (Lipinski definition) is 4. The third-order valence-corrected chi connectivity index (χ3v) is 4.60. The van der Waals surface area contributed by atoms with E-state index >= 15 is 0 Å². The Hall–Kier alpha value is -3.94. The van der Waals surface area contributed by atoms with Crippen molar-refractivity contribution < 1.29 is 29.3 Å². The van der Waals surface area contributed by atoms with Gasteiger partial charge in [-0.1, -0.05) is 29.9 Å². The molecule has 0 aromatic heterocycles. The number of rotatable bonds is 10. The maximum Gasteiger partial charge on any atom is 0.405 e. The molecule has 0 unspecified atom stereocenters. The predicted octanol–water partition coefficient (Wildman–Crippen LogP) is 4.68. The van der Waals surface area contributed by atoms with E-state index < -0.39 is 12.0 Å². The largest absolute Gasteiger partial charge is 0.508 e. The highest BCUT2D eigenvalue weighted by molar-refractivity contribution is 5.95. The van der Waals surface area contributed by atoms with Gasteiger partial charge in [0.1, 0.15) is 23.8 Å². The van der Waals surface area contributed by atoms with Gasteiger partial charge in [-0.15, -0.1) is 0 Å². The van der Waals surface area contributed by atoms with Crippen LogP contribution in [0.5, 0.6) is 17.2 Å². The van der Waals surface area contributed by atoms with Crippen molar-refractivity contribution in [2.75, 3.05) is 25.6 Å². The Labute approximate surface area is 193 Å². The van der Waals surface area contributed by atoms with Crippen molar-refractivity contribution in [2.45, 2.75) is 27.2 Å². The van der Waals surface area contributed by atoms with E-state index in [4.69, 9.17) is 14.6 Å². The van der Waals surface area contributed by atoms with Crippen molar-refractivity contribution in [1.82, 2.24) is 5.32 Å². The van der Waals surface area contributed by atoms with Gasteiger partial charge in [0.25, 0.3) is 0 Å². The Bertz CT molecular complexity index is 1060. The molecule has 2 aromatic carbocycles. The van der Waals surface area contributed by atoms with Crippen LogP contribution in [0.15, 0.2) is 42.0 Å². The zero-order chi connectivity index (χ0) is 24.4. The normalized spacial score (nSPS) is 10.5. The molecule has 2 rings (SSSR count). The average Bonchev–Trinajstić information content (AvgIpc) is 2.76. The van der Waals surface area contributed by atoms with Crippen LogP contribution >= 0.6 is 0 Å². The number of amides is 2. The van der Waals surface area contributed by atoms with Gasteiger partial charge in [0, 0.05) is 11.6 Å². The van der Waals surface area contributed by atoms with Crippen molar-refractivity contribution in [2.24, 2.45) is 0 Å². The van der Waals surface area contributed by atoms with E-state index in [1.807, 2.05) is 38.2 Å². The lowest BCUT2D eigenvalue weighted by atomic mass is 10.00. The number of anilines is 1. The van der Waals surface area contributed by atoms with Crippen LogP contribution in [0.2, 0.25) is 0 Å². The van der Waals surface area contributed by atoms with Crippen LogP contribution in [0.25, 0.3) is 12.2 Å². The Morgan fingerprint density at radius 2 is 1.85 bits per heavy atom. The first-order valence-electron chi connectivity index (χ1n) is 10.5. The molecule has 0 saturated carbocycles. The summed E-state index contributed by atoms with van der Waals surface area (Å²) in [5.41, 5.74) is 4.21. The minimum Gasteiger partial charge on any atom is -0.508 e. The fourth-order valence-electron chi connectivity index (χ4n) is 3.06. The van der Waals surface area contributed by atoms with Crippen molar-refractivity contribution in [3.05, 3.63) is 58.7 Å². The summed E-state index contributed by atoms with van der Waals surface area (Å²) in [6.07, 6.45) is 5.25. The van der Waals surface area contributed by atoms with Gasteiger partial charge in [-0.2, -0.15) is 0 Å². The van der Waals surface area contributed by atoms with E-state index in [1.165, 1.54) is 12.7 Å². The second kappa shape index (κ2) is 12.2. The van der Waals surface area contributed by atoms with Crippen molar-refractivity contribution in [3.8, 4) is 17.2 Å². The molecule has 0 bridgehead atoms. The second-order valence-corrected chi connectivity index (χ2v) is 7.43. The molecule has 0 fully saturated rings. The van der Waals surface area contributed by atoms with Crippen LogP contribution in [-0.4, -0.2) is 42.5 Å². The summed E-state index contributed by atoms with van der Waals surface area (Å²) in [5.74, 6) is 0.674. The zero-order valence-electron chi connectivity index (χ0n) is 19.3. The summed E-state index contributed by atoms with van der Waals surface area (Å²) in [7, 11) is 1.48. The number of ether oxygens (including phenoxy) is 2. The first kappa shape index (κ1) is 25.3. The highest BCUT2D eigenvalue weighted by atomic mass is 16.5. The Balaban J connectivity index is 2.32. The second-order valence-electron chi connectivity index (χ2n) is 7.43. The molecule has 4 N–H and O–H groups in total. The SMILES string of the molecule is CCOc1cc(O)cc(/C=C/c2ccc(NC(=O)CNC(=O)O)c(OC)c2)c1CC=C(C)C. The number of phenols is 1. The highest BCUT2D eigenvalue weighted by Crippen LogP contribution is 2.32. The lowest BCUT2D eigenvalue weighted by Gasteiger charge is -2.13. The molecule has 2 amide bonds. The molecule has 0 aliphatic carbocycles. The molecular formula is C25H30N2O6. The van der Waals surface area contributed by atoms with Gasteiger partial charge >= 0.3 is 6.09 Å².